The molecule has 0 amide bonds. The van der Waals surface area contributed by atoms with Crippen LogP contribution in [0.4, 0.5) is 11.4 Å². The summed E-state index contributed by atoms with van der Waals surface area (Å²) in [7, 11) is 0. The molecule has 30 heavy (non-hydrogen) atoms. The Labute approximate surface area is 182 Å². The van der Waals surface area contributed by atoms with Crippen LogP contribution in [0.5, 0.6) is 0 Å². The Balaban J connectivity index is 2.94. The Kier molecular flexibility index (Phi) is 6.15. The molecule has 0 saturated carbocycles. The molecular formula is C19H17N5O4S2. The van der Waals surface area contributed by atoms with Gasteiger partial charge in [0.15, 0.2) is 0 Å². The molecule has 0 fully saturated rings. The van der Waals surface area contributed by atoms with E-state index in [1.54, 1.807) is 20.8 Å². The molecule has 0 radical (unpaired) electrons. The quantitative estimate of drug-likeness (QED) is 0.387. The Bertz CT molecular complexity index is 1170. The van der Waals surface area contributed by atoms with Gasteiger partial charge in [0.2, 0.25) is 0 Å². The lowest BCUT2D eigenvalue weighted by molar-refractivity contribution is -0.394. The largest absolute Gasteiger partial charge is 0.389 e. The highest BCUT2D eigenvalue weighted by Crippen LogP contribution is 2.41. The average molecular weight is 444 g/mol. The number of hydrogen-bond donors (Lipinski definition) is 2. The minimum atomic E-state index is -1.04. The molecule has 0 aromatic heterocycles. The van der Waals surface area contributed by atoms with Crippen molar-refractivity contribution in [1.82, 2.24) is 0 Å². The van der Waals surface area contributed by atoms with Crippen molar-refractivity contribution in [2.24, 2.45) is 11.5 Å². The van der Waals surface area contributed by atoms with Gasteiger partial charge in [-0.1, -0.05) is 38.3 Å². The summed E-state index contributed by atoms with van der Waals surface area (Å²) in [6, 6.07) is 7.00. The van der Waals surface area contributed by atoms with E-state index in [2.05, 4.69) is 0 Å². The van der Waals surface area contributed by atoms with Crippen molar-refractivity contribution in [2.75, 3.05) is 0 Å². The molecule has 0 aliphatic carbocycles. The van der Waals surface area contributed by atoms with Gasteiger partial charge in [-0.3, -0.25) is 20.2 Å². The van der Waals surface area contributed by atoms with Crippen LogP contribution in [0, 0.1) is 38.5 Å². The SMILES string of the molecule is Cc1c(C(C)(C)c2ccc([N+](=O)[O-])cc2[N+](=O)[O-])cc(C#N)c(C(N)=S)c1C(N)=S. The van der Waals surface area contributed by atoms with Crippen molar-refractivity contribution in [1.29, 1.82) is 5.26 Å². The van der Waals surface area contributed by atoms with E-state index in [9.17, 15) is 25.5 Å². The molecule has 4 N–H and O–H groups in total. The number of hydrogen-bond acceptors (Lipinski definition) is 7. The first kappa shape index (κ1) is 22.8. The van der Waals surface area contributed by atoms with Crippen molar-refractivity contribution >= 4 is 45.8 Å². The minimum Gasteiger partial charge on any atom is -0.389 e. The lowest BCUT2D eigenvalue weighted by Gasteiger charge is -2.29. The first-order valence-corrected chi connectivity index (χ1v) is 9.27. The normalized spacial score (nSPS) is 10.9. The number of benzene rings is 2. The Morgan fingerprint density at radius 2 is 1.60 bits per heavy atom. The fourth-order valence-corrected chi connectivity index (χ4v) is 4.01. The number of nitro benzene ring substituents is 2. The molecule has 0 spiro atoms. The van der Waals surface area contributed by atoms with Crippen molar-refractivity contribution in [2.45, 2.75) is 26.2 Å². The summed E-state index contributed by atoms with van der Waals surface area (Å²) in [4.78, 5) is 21.3. The monoisotopic (exact) mass is 443 g/mol. The van der Waals surface area contributed by atoms with Crippen LogP contribution < -0.4 is 11.5 Å². The van der Waals surface area contributed by atoms with Gasteiger partial charge in [-0.25, -0.2) is 0 Å². The zero-order valence-electron chi connectivity index (χ0n) is 16.3. The summed E-state index contributed by atoms with van der Waals surface area (Å²) >= 11 is 10.2. The van der Waals surface area contributed by atoms with E-state index in [1.807, 2.05) is 6.07 Å². The van der Waals surface area contributed by atoms with Crippen LogP contribution >= 0.6 is 24.4 Å². The van der Waals surface area contributed by atoms with Gasteiger partial charge in [0.05, 0.1) is 27.5 Å². The third kappa shape index (κ3) is 3.83. The van der Waals surface area contributed by atoms with Gasteiger partial charge in [0, 0.05) is 28.2 Å². The number of nitriles is 1. The van der Waals surface area contributed by atoms with Crippen LogP contribution in [0.25, 0.3) is 0 Å². The molecule has 0 unspecified atom stereocenters. The van der Waals surface area contributed by atoms with Crippen LogP contribution in [0.2, 0.25) is 0 Å². The summed E-state index contributed by atoms with van der Waals surface area (Å²) in [5, 5.41) is 32.4. The van der Waals surface area contributed by atoms with Gasteiger partial charge < -0.3 is 11.5 Å². The second-order valence-corrected chi connectivity index (χ2v) is 7.91. The Hall–Kier alpha value is -3.49. The predicted octanol–water partition coefficient (Wildman–Crippen LogP) is 3.28. The maximum absolute atomic E-state index is 11.7. The molecule has 2 aromatic rings. The van der Waals surface area contributed by atoms with Crippen molar-refractivity contribution in [3.8, 4) is 6.07 Å². The fourth-order valence-electron chi connectivity index (χ4n) is 3.54. The molecule has 0 saturated heterocycles. The van der Waals surface area contributed by atoms with Gasteiger partial charge in [-0.05, 0) is 30.2 Å². The highest BCUT2D eigenvalue weighted by Gasteiger charge is 2.35. The third-order valence-corrected chi connectivity index (χ3v) is 5.34. The molecule has 2 aromatic carbocycles. The standard InChI is InChI=1S/C19H17N5O4S2/c1-9-13(6-10(8-20)16(18(22)30)15(9)17(21)29)19(2,3)12-5-4-11(23(25)26)7-14(12)24(27)28/h4-7H,1-3H3,(H2,21,29)(H2,22,30). The van der Waals surface area contributed by atoms with E-state index < -0.39 is 26.6 Å². The molecule has 0 aliphatic rings. The maximum Gasteiger partial charge on any atom is 0.280 e. The molecule has 11 heteroatoms. The summed E-state index contributed by atoms with van der Waals surface area (Å²) in [5.41, 5.74) is 11.8. The number of rotatable bonds is 6. The van der Waals surface area contributed by atoms with Crippen LogP contribution in [0.3, 0.4) is 0 Å². The van der Waals surface area contributed by atoms with E-state index in [4.69, 9.17) is 35.9 Å². The summed E-state index contributed by atoms with van der Waals surface area (Å²) in [6.45, 7) is 5.11. The number of nitrogens with zero attached hydrogens (tertiary/aromatic N) is 3. The van der Waals surface area contributed by atoms with E-state index in [0.717, 1.165) is 6.07 Å². The molecule has 2 rings (SSSR count). The van der Waals surface area contributed by atoms with Gasteiger partial charge in [0.25, 0.3) is 11.4 Å². The second-order valence-electron chi connectivity index (χ2n) is 7.03. The van der Waals surface area contributed by atoms with E-state index >= 15 is 0 Å². The van der Waals surface area contributed by atoms with E-state index in [1.165, 1.54) is 18.2 Å². The minimum absolute atomic E-state index is 0.0253. The topological polar surface area (TPSA) is 162 Å². The van der Waals surface area contributed by atoms with Crippen molar-refractivity contribution < 1.29 is 9.85 Å². The molecule has 0 aliphatic heterocycles. The lowest BCUT2D eigenvalue weighted by atomic mass is 9.73. The van der Waals surface area contributed by atoms with Crippen molar-refractivity contribution in [3.05, 3.63) is 77.9 Å². The fraction of sp³-hybridized carbons (Fsp3) is 0.211. The van der Waals surface area contributed by atoms with E-state index in [-0.39, 0.29) is 26.7 Å². The van der Waals surface area contributed by atoms with Gasteiger partial charge in [-0.2, -0.15) is 5.26 Å². The molecule has 0 atom stereocenters. The van der Waals surface area contributed by atoms with Crippen molar-refractivity contribution in [3.63, 3.8) is 0 Å². The third-order valence-electron chi connectivity index (χ3n) is 4.94. The first-order valence-electron chi connectivity index (χ1n) is 8.45. The Morgan fingerprint density at radius 3 is 2.03 bits per heavy atom. The number of thiocarbonyl (C=S) groups is 2. The van der Waals surface area contributed by atoms with Crippen LogP contribution in [0.1, 0.15) is 47.2 Å². The van der Waals surface area contributed by atoms with Gasteiger partial charge in [-0.15, -0.1) is 0 Å². The zero-order valence-corrected chi connectivity index (χ0v) is 17.9. The zero-order chi connectivity index (χ0) is 23.0. The van der Waals surface area contributed by atoms with Gasteiger partial charge >= 0.3 is 0 Å². The van der Waals surface area contributed by atoms with E-state index in [0.29, 0.717) is 16.7 Å². The van der Waals surface area contributed by atoms with Crippen LogP contribution in [0.15, 0.2) is 24.3 Å². The van der Waals surface area contributed by atoms with Crippen LogP contribution in [-0.2, 0) is 5.41 Å². The first-order chi connectivity index (χ1) is 13.8. The van der Waals surface area contributed by atoms with Gasteiger partial charge in [0.1, 0.15) is 9.98 Å². The molecule has 0 heterocycles. The highest BCUT2D eigenvalue weighted by atomic mass is 32.1. The summed E-state index contributed by atoms with van der Waals surface area (Å²) < 4.78 is 0. The molecule has 154 valence electrons. The number of non-ortho nitro benzene ring substituents is 1. The molecular weight excluding hydrogens is 426 g/mol. The Morgan fingerprint density at radius 1 is 1.03 bits per heavy atom. The highest BCUT2D eigenvalue weighted by molar-refractivity contribution is 7.81. The average Bonchev–Trinajstić information content (AvgIpc) is 2.66. The second kappa shape index (κ2) is 8.10. The molecule has 0 bridgehead atoms. The summed E-state index contributed by atoms with van der Waals surface area (Å²) in [6.07, 6.45) is 0. The van der Waals surface area contributed by atoms with Crippen LogP contribution in [-0.4, -0.2) is 19.8 Å². The molecule has 9 nitrogen and oxygen atoms in total. The number of nitro groups is 2. The predicted molar refractivity (Wildman–Crippen MR) is 120 cm³/mol. The number of nitrogens with two attached hydrogens (primary N) is 2. The smallest absolute Gasteiger partial charge is 0.280 e. The summed E-state index contributed by atoms with van der Waals surface area (Å²) in [5.74, 6) is 0. The maximum atomic E-state index is 11.7. The lowest BCUT2D eigenvalue weighted by Crippen LogP contribution is -2.27.